The van der Waals surface area contributed by atoms with Crippen molar-refractivity contribution in [1.29, 1.82) is 0 Å². The SMILES string of the molecule is CCCOc1ccc(C(O)CN2CCC(C)CC2)cc1. The van der Waals surface area contributed by atoms with Gasteiger partial charge >= 0.3 is 0 Å². The van der Waals surface area contributed by atoms with E-state index >= 15 is 0 Å². The van der Waals surface area contributed by atoms with Crippen molar-refractivity contribution in [3.05, 3.63) is 29.8 Å². The molecule has 1 atom stereocenters. The second-order valence-corrected chi connectivity index (χ2v) is 5.92. The van der Waals surface area contributed by atoms with E-state index in [0.29, 0.717) is 0 Å². The zero-order valence-electron chi connectivity index (χ0n) is 12.7. The molecule has 112 valence electrons. The van der Waals surface area contributed by atoms with Gasteiger partial charge in [0.05, 0.1) is 12.7 Å². The highest BCUT2D eigenvalue weighted by Gasteiger charge is 2.19. The molecule has 3 nitrogen and oxygen atoms in total. The quantitative estimate of drug-likeness (QED) is 0.866. The van der Waals surface area contributed by atoms with E-state index in [1.807, 2.05) is 24.3 Å². The van der Waals surface area contributed by atoms with Gasteiger partial charge in [-0.25, -0.2) is 0 Å². The first-order valence-corrected chi connectivity index (χ1v) is 7.82. The molecule has 2 rings (SSSR count). The van der Waals surface area contributed by atoms with Crippen LogP contribution in [-0.2, 0) is 0 Å². The van der Waals surface area contributed by atoms with Crippen LogP contribution in [0.5, 0.6) is 5.75 Å². The van der Waals surface area contributed by atoms with Crippen LogP contribution in [0, 0.1) is 5.92 Å². The van der Waals surface area contributed by atoms with Crippen LogP contribution in [-0.4, -0.2) is 36.2 Å². The highest BCUT2D eigenvalue weighted by atomic mass is 16.5. The highest BCUT2D eigenvalue weighted by molar-refractivity contribution is 5.28. The number of rotatable bonds is 6. The molecule has 0 amide bonds. The number of β-amino-alcohol motifs (C(OH)–C–C–N with tert-alkyl or cyclic N) is 1. The zero-order chi connectivity index (χ0) is 14.4. The van der Waals surface area contributed by atoms with Gasteiger partial charge in [0.25, 0.3) is 0 Å². The number of piperidine rings is 1. The minimum absolute atomic E-state index is 0.399. The van der Waals surface area contributed by atoms with Gasteiger partial charge in [-0.15, -0.1) is 0 Å². The van der Waals surface area contributed by atoms with E-state index in [1.54, 1.807) is 0 Å². The molecule has 1 unspecified atom stereocenters. The second kappa shape index (κ2) is 7.65. The summed E-state index contributed by atoms with van der Waals surface area (Å²) < 4.78 is 5.56. The summed E-state index contributed by atoms with van der Waals surface area (Å²) in [4.78, 5) is 2.37. The zero-order valence-corrected chi connectivity index (χ0v) is 12.7. The predicted octanol–water partition coefficient (Wildman–Crippen LogP) is 3.24. The van der Waals surface area contributed by atoms with Gasteiger partial charge < -0.3 is 14.7 Å². The van der Waals surface area contributed by atoms with Crippen LogP contribution in [0.4, 0.5) is 0 Å². The molecule has 0 bridgehead atoms. The molecule has 1 aromatic rings. The summed E-state index contributed by atoms with van der Waals surface area (Å²) in [5.74, 6) is 1.72. The first-order valence-electron chi connectivity index (χ1n) is 7.82. The Hall–Kier alpha value is -1.06. The molecule has 3 heteroatoms. The molecule has 0 aliphatic carbocycles. The highest BCUT2D eigenvalue weighted by Crippen LogP contribution is 2.22. The van der Waals surface area contributed by atoms with Crippen molar-refractivity contribution in [2.75, 3.05) is 26.2 Å². The van der Waals surface area contributed by atoms with E-state index in [0.717, 1.165) is 49.9 Å². The third-order valence-corrected chi connectivity index (χ3v) is 4.05. The van der Waals surface area contributed by atoms with Crippen molar-refractivity contribution in [1.82, 2.24) is 4.90 Å². The molecule has 1 saturated heterocycles. The lowest BCUT2D eigenvalue weighted by Crippen LogP contribution is -2.35. The van der Waals surface area contributed by atoms with Gasteiger partial charge in [-0.1, -0.05) is 26.0 Å². The molecule has 1 aliphatic rings. The van der Waals surface area contributed by atoms with Crippen LogP contribution >= 0.6 is 0 Å². The smallest absolute Gasteiger partial charge is 0.119 e. The van der Waals surface area contributed by atoms with Gasteiger partial charge in [0.2, 0.25) is 0 Å². The summed E-state index contributed by atoms with van der Waals surface area (Å²) in [5, 5.41) is 10.3. The average molecular weight is 277 g/mol. The van der Waals surface area contributed by atoms with Crippen LogP contribution in [0.15, 0.2) is 24.3 Å². The Morgan fingerprint density at radius 1 is 1.25 bits per heavy atom. The van der Waals surface area contributed by atoms with E-state index in [4.69, 9.17) is 4.74 Å². The molecular weight excluding hydrogens is 250 g/mol. The fourth-order valence-corrected chi connectivity index (χ4v) is 2.60. The van der Waals surface area contributed by atoms with Gasteiger partial charge in [0.1, 0.15) is 5.75 Å². The summed E-state index contributed by atoms with van der Waals surface area (Å²) in [7, 11) is 0. The maximum atomic E-state index is 10.3. The molecule has 1 heterocycles. The van der Waals surface area contributed by atoms with Crippen LogP contribution in [0.1, 0.15) is 44.8 Å². The van der Waals surface area contributed by atoms with E-state index in [-0.39, 0.29) is 0 Å². The first-order chi connectivity index (χ1) is 9.69. The van der Waals surface area contributed by atoms with Gasteiger partial charge in [-0.3, -0.25) is 0 Å². The van der Waals surface area contributed by atoms with Crippen molar-refractivity contribution >= 4 is 0 Å². The third-order valence-electron chi connectivity index (χ3n) is 4.05. The van der Waals surface area contributed by atoms with Crippen molar-refractivity contribution in [2.45, 2.75) is 39.2 Å². The number of nitrogens with zero attached hydrogens (tertiary/aromatic N) is 1. The van der Waals surface area contributed by atoms with Crippen LogP contribution in [0.25, 0.3) is 0 Å². The molecule has 20 heavy (non-hydrogen) atoms. The molecule has 1 N–H and O–H groups in total. The van der Waals surface area contributed by atoms with Crippen LogP contribution < -0.4 is 4.74 Å². The molecule has 1 fully saturated rings. The standard InChI is InChI=1S/C17H27NO2/c1-3-12-20-16-6-4-15(5-7-16)17(19)13-18-10-8-14(2)9-11-18/h4-7,14,17,19H,3,8-13H2,1-2H3. The van der Waals surface area contributed by atoms with E-state index in [9.17, 15) is 5.11 Å². The van der Waals surface area contributed by atoms with E-state index in [1.165, 1.54) is 12.8 Å². The van der Waals surface area contributed by atoms with Crippen molar-refractivity contribution < 1.29 is 9.84 Å². The Kier molecular flexibility index (Phi) is 5.86. The number of hydrogen-bond donors (Lipinski definition) is 1. The summed E-state index contributed by atoms with van der Waals surface area (Å²) in [6.45, 7) is 8.10. The Bertz CT molecular complexity index is 382. The normalized spacial score (nSPS) is 18.9. The lowest BCUT2D eigenvalue weighted by Gasteiger charge is -2.31. The fourth-order valence-electron chi connectivity index (χ4n) is 2.60. The van der Waals surface area contributed by atoms with Crippen LogP contribution in [0.3, 0.4) is 0 Å². The Morgan fingerprint density at radius 2 is 1.90 bits per heavy atom. The second-order valence-electron chi connectivity index (χ2n) is 5.92. The maximum Gasteiger partial charge on any atom is 0.119 e. The van der Waals surface area contributed by atoms with Crippen LogP contribution in [0.2, 0.25) is 0 Å². The molecule has 0 aromatic heterocycles. The summed E-state index contributed by atoms with van der Waals surface area (Å²) in [6.07, 6.45) is 3.11. The first kappa shape index (κ1) is 15.3. The van der Waals surface area contributed by atoms with Gasteiger partial charge in [-0.05, 0) is 56.0 Å². The largest absolute Gasteiger partial charge is 0.494 e. The number of aliphatic hydroxyl groups is 1. The minimum atomic E-state index is -0.399. The average Bonchev–Trinajstić information content (AvgIpc) is 2.48. The molecule has 0 saturated carbocycles. The lowest BCUT2D eigenvalue weighted by molar-refractivity contribution is 0.0916. The topological polar surface area (TPSA) is 32.7 Å². The van der Waals surface area contributed by atoms with Crippen molar-refractivity contribution in [3.8, 4) is 5.75 Å². The van der Waals surface area contributed by atoms with E-state index in [2.05, 4.69) is 18.7 Å². The Morgan fingerprint density at radius 3 is 2.50 bits per heavy atom. The summed E-state index contributed by atoms with van der Waals surface area (Å²) in [6, 6.07) is 7.85. The number of hydrogen-bond acceptors (Lipinski definition) is 3. The number of likely N-dealkylation sites (tertiary alicyclic amines) is 1. The molecule has 1 aliphatic heterocycles. The predicted molar refractivity (Wildman–Crippen MR) is 82.0 cm³/mol. The van der Waals surface area contributed by atoms with Crippen molar-refractivity contribution in [3.63, 3.8) is 0 Å². The number of ether oxygens (including phenoxy) is 1. The van der Waals surface area contributed by atoms with Gasteiger partial charge in [0.15, 0.2) is 0 Å². The minimum Gasteiger partial charge on any atom is -0.494 e. The number of benzene rings is 1. The molecule has 1 aromatic carbocycles. The summed E-state index contributed by atoms with van der Waals surface area (Å²) in [5.41, 5.74) is 0.979. The maximum absolute atomic E-state index is 10.3. The summed E-state index contributed by atoms with van der Waals surface area (Å²) >= 11 is 0. The Labute approximate surface area is 122 Å². The third kappa shape index (κ3) is 4.50. The van der Waals surface area contributed by atoms with Gasteiger partial charge in [-0.2, -0.15) is 0 Å². The van der Waals surface area contributed by atoms with Crippen molar-refractivity contribution in [2.24, 2.45) is 5.92 Å². The monoisotopic (exact) mass is 277 g/mol. The van der Waals surface area contributed by atoms with E-state index < -0.39 is 6.10 Å². The molecular formula is C17H27NO2. The fraction of sp³-hybridized carbons (Fsp3) is 0.647. The van der Waals surface area contributed by atoms with Gasteiger partial charge in [0, 0.05) is 6.54 Å². The molecule has 0 radical (unpaired) electrons. The lowest BCUT2D eigenvalue weighted by atomic mass is 9.98. The number of aliphatic hydroxyl groups excluding tert-OH is 1. The Balaban J connectivity index is 1.84. The molecule has 0 spiro atoms.